The van der Waals surface area contributed by atoms with Crippen molar-refractivity contribution in [3.05, 3.63) is 46.8 Å². The van der Waals surface area contributed by atoms with Crippen LogP contribution in [0, 0.1) is 20.8 Å². The van der Waals surface area contributed by atoms with Crippen LogP contribution in [0.1, 0.15) is 29.0 Å². The number of benzene rings is 1. The molecule has 1 N–H and O–H groups in total. The van der Waals surface area contributed by atoms with Crippen molar-refractivity contribution in [1.29, 1.82) is 0 Å². The Morgan fingerprint density at radius 1 is 1.24 bits per heavy atom. The highest BCUT2D eigenvalue weighted by molar-refractivity contribution is 7.89. The maximum absolute atomic E-state index is 12.3. The number of sulfonamides is 1. The molecule has 0 aliphatic carbocycles. The molecule has 136 valence electrons. The van der Waals surface area contributed by atoms with Crippen LogP contribution in [0.3, 0.4) is 0 Å². The topological polar surface area (TPSA) is 92.5 Å². The minimum Gasteiger partial charge on any atom is -0.360 e. The van der Waals surface area contributed by atoms with Crippen LogP contribution in [0.25, 0.3) is 0 Å². The Morgan fingerprint density at radius 2 is 1.92 bits per heavy atom. The lowest BCUT2D eigenvalue weighted by Gasteiger charge is -2.18. The third-order valence-electron chi connectivity index (χ3n) is 3.96. The maximum Gasteiger partial charge on any atom is 0.245 e. The van der Waals surface area contributed by atoms with Gasteiger partial charge < -0.3 is 9.42 Å². The molecule has 25 heavy (non-hydrogen) atoms. The first kappa shape index (κ1) is 19.1. The Bertz CT molecular complexity index is 839. The van der Waals surface area contributed by atoms with E-state index in [4.69, 9.17) is 4.52 Å². The quantitative estimate of drug-likeness (QED) is 0.809. The molecule has 0 aliphatic rings. The summed E-state index contributed by atoms with van der Waals surface area (Å²) < 4.78 is 31.9. The predicted molar refractivity (Wildman–Crippen MR) is 93.4 cm³/mol. The summed E-state index contributed by atoms with van der Waals surface area (Å²) in [4.78, 5) is 13.9. The number of hydrogen-bond acceptors (Lipinski definition) is 5. The Morgan fingerprint density at radius 3 is 2.52 bits per heavy atom. The molecule has 7 nitrogen and oxygen atoms in total. The molecule has 0 bridgehead atoms. The van der Waals surface area contributed by atoms with E-state index in [9.17, 15) is 13.2 Å². The van der Waals surface area contributed by atoms with Gasteiger partial charge >= 0.3 is 0 Å². The Hall–Kier alpha value is -2.19. The summed E-state index contributed by atoms with van der Waals surface area (Å²) in [7, 11) is -2.04. The molecule has 1 aromatic heterocycles. The Labute approximate surface area is 148 Å². The average molecular weight is 365 g/mol. The molecule has 8 heteroatoms. The molecule has 2 aromatic rings. The molecule has 1 aromatic carbocycles. The van der Waals surface area contributed by atoms with E-state index in [1.54, 1.807) is 18.9 Å². The highest BCUT2D eigenvalue weighted by atomic mass is 32.2. The van der Waals surface area contributed by atoms with E-state index < -0.39 is 10.0 Å². The number of aromatic nitrogens is 1. The molecule has 0 aliphatic heterocycles. The van der Waals surface area contributed by atoms with Gasteiger partial charge in [-0.1, -0.05) is 29.4 Å². The van der Waals surface area contributed by atoms with E-state index in [0.29, 0.717) is 12.2 Å². The lowest BCUT2D eigenvalue weighted by Crippen LogP contribution is -2.32. The second-order valence-electron chi connectivity index (χ2n) is 5.98. The number of aryl methyl sites for hydroxylation is 3. The van der Waals surface area contributed by atoms with Crippen LogP contribution in [0.4, 0.5) is 0 Å². The summed E-state index contributed by atoms with van der Waals surface area (Å²) in [5, 5.41) is 3.64. The molecule has 0 saturated heterocycles. The number of carbonyl (C=O) groups excluding carboxylic acids is 1. The lowest BCUT2D eigenvalue weighted by atomic mass is 10.1. The van der Waals surface area contributed by atoms with Crippen molar-refractivity contribution < 1.29 is 17.7 Å². The van der Waals surface area contributed by atoms with Gasteiger partial charge in [0.05, 0.1) is 0 Å². The summed E-state index contributed by atoms with van der Waals surface area (Å²) in [6.07, 6.45) is 0.0744. The van der Waals surface area contributed by atoms with Gasteiger partial charge in [-0.2, -0.15) is 0 Å². The third-order valence-corrected chi connectivity index (χ3v) is 5.67. The third kappa shape index (κ3) is 4.67. The minimum atomic E-state index is -3.74. The van der Waals surface area contributed by atoms with Crippen LogP contribution in [-0.2, 0) is 21.4 Å². The van der Waals surface area contributed by atoms with Crippen molar-refractivity contribution in [1.82, 2.24) is 14.8 Å². The molecule has 0 unspecified atom stereocenters. The molecule has 0 saturated carbocycles. The Balaban J connectivity index is 1.91. The van der Waals surface area contributed by atoms with Crippen LogP contribution in [0.5, 0.6) is 0 Å². The van der Waals surface area contributed by atoms with Crippen molar-refractivity contribution in [3.8, 4) is 0 Å². The monoisotopic (exact) mass is 365 g/mol. The number of amides is 1. The number of nitrogens with zero attached hydrogens (tertiary/aromatic N) is 2. The molecular formula is C17H23N3O4S. The maximum atomic E-state index is 12.3. The van der Waals surface area contributed by atoms with E-state index in [-0.39, 0.29) is 29.5 Å². The second kappa shape index (κ2) is 7.79. The summed E-state index contributed by atoms with van der Waals surface area (Å²) >= 11 is 0. The zero-order valence-corrected chi connectivity index (χ0v) is 15.7. The molecule has 2 rings (SSSR count). The summed E-state index contributed by atoms with van der Waals surface area (Å²) in [5.74, 6) is 0.0951. The molecule has 0 radical (unpaired) electrons. The van der Waals surface area contributed by atoms with Crippen LogP contribution >= 0.6 is 0 Å². The Kier molecular flexibility index (Phi) is 5.97. The highest BCUT2D eigenvalue weighted by Crippen LogP contribution is 2.18. The largest absolute Gasteiger partial charge is 0.360 e. The molecule has 0 atom stereocenters. The summed E-state index contributed by atoms with van der Waals surface area (Å²) in [5.41, 5.74) is 2.48. The van der Waals surface area contributed by atoms with Crippen LogP contribution in [0.15, 0.2) is 33.7 Å². The fourth-order valence-electron chi connectivity index (χ4n) is 2.54. The van der Waals surface area contributed by atoms with Gasteiger partial charge in [0.15, 0.2) is 5.76 Å². The summed E-state index contributed by atoms with van der Waals surface area (Å²) in [6, 6.07) is 7.84. The first-order chi connectivity index (χ1) is 11.7. The molecule has 0 spiro atoms. The van der Waals surface area contributed by atoms with Gasteiger partial charge in [-0.25, -0.2) is 13.1 Å². The molecule has 1 heterocycles. The number of rotatable bonds is 7. The SMILES string of the molecule is Cc1ccccc1CN(C)C(=O)CCNS(=O)(=O)c1c(C)noc1C. The lowest BCUT2D eigenvalue weighted by molar-refractivity contribution is -0.130. The van der Waals surface area contributed by atoms with Crippen molar-refractivity contribution in [2.24, 2.45) is 0 Å². The van der Waals surface area contributed by atoms with Gasteiger partial charge in [-0.05, 0) is 31.9 Å². The van der Waals surface area contributed by atoms with Gasteiger partial charge in [-0.15, -0.1) is 0 Å². The molecular weight excluding hydrogens is 342 g/mol. The smallest absolute Gasteiger partial charge is 0.245 e. The first-order valence-electron chi connectivity index (χ1n) is 7.93. The van der Waals surface area contributed by atoms with Crippen molar-refractivity contribution in [3.63, 3.8) is 0 Å². The van der Waals surface area contributed by atoms with E-state index in [1.807, 2.05) is 31.2 Å². The van der Waals surface area contributed by atoms with Crippen molar-refractivity contribution >= 4 is 15.9 Å². The first-order valence-corrected chi connectivity index (χ1v) is 9.41. The minimum absolute atomic E-state index is 0.0172. The zero-order chi connectivity index (χ0) is 18.6. The fourth-order valence-corrected chi connectivity index (χ4v) is 3.90. The normalized spacial score (nSPS) is 11.5. The van der Waals surface area contributed by atoms with Crippen LogP contribution < -0.4 is 4.72 Å². The van der Waals surface area contributed by atoms with Gasteiger partial charge in [0.1, 0.15) is 10.6 Å². The van der Waals surface area contributed by atoms with Crippen LogP contribution in [-0.4, -0.2) is 38.0 Å². The fraction of sp³-hybridized carbons (Fsp3) is 0.412. The predicted octanol–water partition coefficient (Wildman–Crippen LogP) is 1.93. The molecule has 1 amide bonds. The number of carbonyl (C=O) groups is 1. The molecule has 0 fully saturated rings. The number of hydrogen-bond donors (Lipinski definition) is 1. The average Bonchev–Trinajstić information content (AvgIpc) is 2.88. The number of nitrogens with one attached hydrogen (secondary N) is 1. The van der Waals surface area contributed by atoms with Gasteiger partial charge in [0.25, 0.3) is 0 Å². The van der Waals surface area contributed by atoms with Gasteiger partial charge in [0.2, 0.25) is 15.9 Å². The summed E-state index contributed by atoms with van der Waals surface area (Å²) in [6.45, 7) is 5.60. The van der Waals surface area contributed by atoms with Gasteiger partial charge in [0, 0.05) is 26.6 Å². The van der Waals surface area contributed by atoms with E-state index in [1.165, 1.54) is 6.92 Å². The zero-order valence-electron chi connectivity index (χ0n) is 14.9. The van der Waals surface area contributed by atoms with Gasteiger partial charge in [-0.3, -0.25) is 4.79 Å². The van der Waals surface area contributed by atoms with Crippen molar-refractivity contribution in [2.75, 3.05) is 13.6 Å². The van der Waals surface area contributed by atoms with E-state index >= 15 is 0 Å². The highest BCUT2D eigenvalue weighted by Gasteiger charge is 2.24. The second-order valence-corrected chi connectivity index (χ2v) is 7.68. The van der Waals surface area contributed by atoms with Crippen molar-refractivity contribution in [2.45, 2.75) is 38.6 Å². The van der Waals surface area contributed by atoms with E-state index in [0.717, 1.165) is 11.1 Å². The van der Waals surface area contributed by atoms with E-state index in [2.05, 4.69) is 9.88 Å². The standard InChI is InChI=1S/C17H23N3O4S/c1-12-7-5-6-8-15(12)11-20(4)16(21)9-10-18-25(22,23)17-13(2)19-24-14(17)3/h5-8,18H,9-11H2,1-4H3. The van der Waals surface area contributed by atoms with Crippen LogP contribution in [0.2, 0.25) is 0 Å².